The molecule has 0 heterocycles. The first-order valence-corrected chi connectivity index (χ1v) is 6.75. The van der Waals surface area contributed by atoms with E-state index >= 15 is 0 Å². The van der Waals surface area contributed by atoms with Gasteiger partial charge in [0.25, 0.3) is 0 Å². The van der Waals surface area contributed by atoms with Crippen molar-refractivity contribution in [3.63, 3.8) is 0 Å². The quantitative estimate of drug-likeness (QED) is 0.749. The molecule has 3 unspecified atom stereocenters. The fourth-order valence-electron chi connectivity index (χ4n) is 2.08. The molecule has 0 aromatic rings. The van der Waals surface area contributed by atoms with Crippen molar-refractivity contribution in [1.82, 2.24) is 10.2 Å². The van der Waals surface area contributed by atoms with Crippen molar-refractivity contribution in [2.45, 2.75) is 59.0 Å². The molecule has 1 aliphatic carbocycles. The third-order valence-corrected chi connectivity index (χ3v) is 3.77. The molecule has 1 aliphatic rings. The van der Waals surface area contributed by atoms with Crippen LogP contribution in [0.3, 0.4) is 0 Å². The van der Waals surface area contributed by atoms with Crippen molar-refractivity contribution in [3.8, 4) is 0 Å². The summed E-state index contributed by atoms with van der Waals surface area (Å²) < 4.78 is 0. The van der Waals surface area contributed by atoms with Crippen LogP contribution in [-0.4, -0.2) is 36.6 Å². The maximum absolute atomic E-state index is 3.56. The van der Waals surface area contributed by atoms with Gasteiger partial charge in [-0.15, -0.1) is 0 Å². The van der Waals surface area contributed by atoms with Crippen molar-refractivity contribution >= 4 is 0 Å². The number of hydrogen-bond acceptors (Lipinski definition) is 2. The molecule has 16 heavy (non-hydrogen) atoms. The second kappa shape index (κ2) is 5.50. The number of nitrogens with one attached hydrogen (secondary N) is 1. The minimum atomic E-state index is 0.253. The van der Waals surface area contributed by atoms with E-state index in [1.807, 2.05) is 0 Å². The fourth-order valence-corrected chi connectivity index (χ4v) is 2.08. The first-order valence-electron chi connectivity index (χ1n) is 6.75. The van der Waals surface area contributed by atoms with Crippen LogP contribution in [-0.2, 0) is 0 Å². The highest BCUT2D eigenvalue weighted by molar-refractivity contribution is 4.85. The summed E-state index contributed by atoms with van der Waals surface area (Å²) in [6, 6.07) is 0.697. The van der Waals surface area contributed by atoms with Crippen LogP contribution in [0.25, 0.3) is 0 Å². The molecule has 0 saturated heterocycles. The largest absolute Gasteiger partial charge is 0.312 e. The van der Waals surface area contributed by atoms with Gasteiger partial charge in [-0.1, -0.05) is 6.92 Å². The van der Waals surface area contributed by atoms with Crippen LogP contribution in [0.15, 0.2) is 0 Å². The summed E-state index contributed by atoms with van der Waals surface area (Å²) in [5.41, 5.74) is 0.253. The SMILES string of the molecule is CC1CC1CN(C)C(C)CCNC(C)(C)C. The van der Waals surface area contributed by atoms with Crippen molar-refractivity contribution in [3.05, 3.63) is 0 Å². The molecule has 1 N–H and O–H groups in total. The molecule has 96 valence electrons. The first kappa shape index (κ1) is 14.0. The molecule has 1 saturated carbocycles. The zero-order valence-corrected chi connectivity index (χ0v) is 12.0. The molecule has 3 atom stereocenters. The zero-order valence-electron chi connectivity index (χ0n) is 12.0. The predicted molar refractivity (Wildman–Crippen MR) is 71.7 cm³/mol. The Morgan fingerprint density at radius 2 is 1.94 bits per heavy atom. The monoisotopic (exact) mass is 226 g/mol. The molecular formula is C14H30N2. The van der Waals surface area contributed by atoms with Crippen LogP contribution in [0.5, 0.6) is 0 Å². The maximum Gasteiger partial charge on any atom is 0.00965 e. The Hall–Kier alpha value is -0.0800. The van der Waals surface area contributed by atoms with Gasteiger partial charge < -0.3 is 10.2 Å². The van der Waals surface area contributed by atoms with Gasteiger partial charge in [0.1, 0.15) is 0 Å². The molecule has 2 heteroatoms. The summed E-state index contributed by atoms with van der Waals surface area (Å²) in [6.45, 7) is 13.8. The third-order valence-electron chi connectivity index (χ3n) is 3.77. The Labute approximate surface area is 102 Å². The number of rotatable bonds is 6. The van der Waals surface area contributed by atoms with Gasteiger partial charge in [-0.3, -0.25) is 0 Å². The first-order chi connectivity index (χ1) is 7.29. The van der Waals surface area contributed by atoms with E-state index in [2.05, 4.69) is 51.9 Å². The van der Waals surface area contributed by atoms with Crippen LogP contribution in [0, 0.1) is 11.8 Å². The number of hydrogen-bond donors (Lipinski definition) is 1. The van der Waals surface area contributed by atoms with Crippen LogP contribution in [0.1, 0.15) is 47.5 Å². The molecule has 1 fully saturated rings. The van der Waals surface area contributed by atoms with E-state index in [0.717, 1.165) is 18.4 Å². The van der Waals surface area contributed by atoms with Gasteiger partial charge >= 0.3 is 0 Å². The van der Waals surface area contributed by atoms with Crippen molar-refractivity contribution in [1.29, 1.82) is 0 Å². The topological polar surface area (TPSA) is 15.3 Å². The van der Waals surface area contributed by atoms with Gasteiger partial charge in [0.2, 0.25) is 0 Å². The summed E-state index contributed by atoms with van der Waals surface area (Å²) in [5.74, 6) is 1.95. The summed E-state index contributed by atoms with van der Waals surface area (Å²) in [6.07, 6.45) is 2.69. The molecular weight excluding hydrogens is 196 g/mol. The second-order valence-electron chi connectivity index (χ2n) is 6.73. The number of nitrogens with zero attached hydrogens (tertiary/aromatic N) is 1. The lowest BCUT2D eigenvalue weighted by Gasteiger charge is -2.27. The normalized spacial score (nSPS) is 27.2. The van der Waals surface area contributed by atoms with E-state index in [0.29, 0.717) is 6.04 Å². The summed E-state index contributed by atoms with van der Waals surface area (Å²) in [5, 5.41) is 3.56. The van der Waals surface area contributed by atoms with Gasteiger partial charge in [0.05, 0.1) is 0 Å². The van der Waals surface area contributed by atoms with E-state index in [1.54, 1.807) is 0 Å². The zero-order chi connectivity index (χ0) is 12.3. The van der Waals surface area contributed by atoms with E-state index < -0.39 is 0 Å². The summed E-state index contributed by atoms with van der Waals surface area (Å²) >= 11 is 0. The Morgan fingerprint density at radius 1 is 1.38 bits per heavy atom. The molecule has 0 aromatic carbocycles. The average molecular weight is 226 g/mol. The van der Waals surface area contributed by atoms with E-state index in [4.69, 9.17) is 0 Å². The Kier molecular flexibility index (Phi) is 4.81. The van der Waals surface area contributed by atoms with E-state index in [9.17, 15) is 0 Å². The minimum absolute atomic E-state index is 0.253. The third kappa shape index (κ3) is 5.31. The minimum Gasteiger partial charge on any atom is -0.312 e. The lowest BCUT2D eigenvalue weighted by atomic mass is 10.1. The Bertz CT molecular complexity index is 207. The van der Waals surface area contributed by atoms with Gasteiger partial charge in [-0.2, -0.15) is 0 Å². The Balaban J connectivity index is 2.11. The van der Waals surface area contributed by atoms with Crippen LogP contribution >= 0.6 is 0 Å². The van der Waals surface area contributed by atoms with Gasteiger partial charge in [-0.05, 0) is 66.0 Å². The lowest BCUT2D eigenvalue weighted by Crippen LogP contribution is -2.40. The fraction of sp³-hybridized carbons (Fsp3) is 1.00. The molecule has 0 aliphatic heterocycles. The smallest absolute Gasteiger partial charge is 0.00965 e. The van der Waals surface area contributed by atoms with E-state index in [1.165, 1.54) is 19.4 Å². The lowest BCUT2D eigenvalue weighted by molar-refractivity contribution is 0.227. The van der Waals surface area contributed by atoms with Crippen LogP contribution < -0.4 is 5.32 Å². The summed E-state index contributed by atoms with van der Waals surface area (Å²) in [4.78, 5) is 2.53. The summed E-state index contributed by atoms with van der Waals surface area (Å²) in [7, 11) is 2.27. The molecule has 0 radical (unpaired) electrons. The highest BCUT2D eigenvalue weighted by atomic mass is 15.1. The van der Waals surface area contributed by atoms with Crippen LogP contribution in [0.4, 0.5) is 0 Å². The average Bonchev–Trinajstić information content (AvgIpc) is 2.79. The molecule has 1 rings (SSSR count). The van der Waals surface area contributed by atoms with Gasteiger partial charge in [0.15, 0.2) is 0 Å². The van der Waals surface area contributed by atoms with Crippen molar-refractivity contribution in [2.75, 3.05) is 20.1 Å². The van der Waals surface area contributed by atoms with E-state index in [-0.39, 0.29) is 5.54 Å². The Morgan fingerprint density at radius 3 is 2.38 bits per heavy atom. The van der Waals surface area contributed by atoms with Gasteiger partial charge in [0, 0.05) is 18.1 Å². The molecule has 0 spiro atoms. The van der Waals surface area contributed by atoms with Crippen LogP contribution in [0.2, 0.25) is 0 Å². The molecule has 0 amide bonds. The highest BCUT2D eigenvalue weighted by Gasteiger charge is 2.33. The second-order valence-corrected chi connectivity index (χ2v) is 6.73. The van der Waals surface area contributed by atoms with Crippen molar-refractivity contribution < 1.29 is 0 Å². The predicted octanol–water partition coefficient (Wildman–Crippen LogP) is 2.74. The molecule has 2 nitrogen and oxygen atoms in total. The maximum atomic E-state index is 3.56. The molecule has 0 aromatic heterocycles. The van der Waals surface area contributed by atoms with Crippen molar-refractivity contribution in [2.24, 2.45) is 11.8 Å². The highest BCUT2D eigenvalue weighted by Crippen LogP contribution is 2.38. The standard InChI is InChI=1S/C14H30N2/c1-11-9-13(11)10-16(6)12(2)7-8-15-14(3,4)5/h11-13,15H,7-10H2,1-6H3. The molecule has 0 bridgehead atoms. The van der Waals surface area contributed by atoms with Gasteiger partial charge in [-0.25, -0.2) is 0 Å².